The molecule has 0 unspecified atom stereocenters. The largest absolute Gasteiger partial charge is 0.507 e. The highest BCUT2D eigenvalue weighted by molar-refractivity contribution is 9.10. The minimum atomic E-state index is -0.0771. The molecule has 0 spiro atoms. The van der Waals surface area contributed by atoms with Crippen molar-refractivity contribution in [1.82, 2.24) is 4.98 Å². The summed E-state index contributed by atoms with van der Waals surface area (Å²) >= 11 is 6.33. The van der Waals surface area contributed by atoms with E-state index in [9.17, 15) is 9.90 Å². The number of carbonyl (C=O) groups is 1. The van der Waals surface area contributed by atoms with E-state index in [-0.39, 0.29) is 17.4 Å². The van der Waals surface area contributed by atoms with Crippen LogP contribution in [0.25, 0.3) is 21.0 Å². The molecule has 0 fully saturated rings. The molecule has 0 aliphatic heterocycles. The molecule has 0 atom stereocenters. The van der Waals surface area contributed by atoms with Crippen LogP contribution in [0.5, 0.6) is 5.75 Å². The number of amides is 1. The number of nitrogens with zero attached hydrogens (tertiary/aromatic N) is 2. The van der Waals surface area contributed by atoms with Crippen LogP contribution < -0.4 is 5.32 Å². The Bertz CT molecular complexity index is 1530. The predicted octanol–water partition coefficient (Wildman–Crippen LogP) is 7.40. The highest BCUT2D eigenvalue weighted by Crippen LogP contribution is 2.32. The van der Waals surface area contributed by atoms with E-state index in [0.29, 0.717) is 5.56 Å². The molecule has 1 amide bonds. The Morgan fingerprint density at radius 3 is 2.76 bits per heavy atom. The van der Waals surface area contributed by atoms with Gasteiger partial charge in [0.25, 0.3) is 0 Å². The molecule has 1 heterocycles. The molecule has 0 aliphatic carbocycles. The third kappa shape index (κ3) is 5.14. The van der Waals surface area contributed by atoms with E-state index < -0.39 is 0 Å². The average Bonchev–Trinajstić information content (AvgIpc) is 3.26. The van der Waals surface area contributed by atoms with Crippen LogP contribution in [0.15, 0.2) is 92.7 Å². The van der Waals surface area contributed by atoms with Crippen molar-refractivity contribution in [3.05, 3.63) is 88.9 Å². The van der Waals surface area contributed by atoms with Gasteiger partial charge in [-0.15, -0.1) is 11.3 Å². The number of benzene rings is 4. The Balaban J connectivity index is 1.29. The van der Waals surface area contributed by atoms with Crippen LogP contribution >= 0.6 is 39.0 Å². The maximum absolute atomic E-state index is 12.3. The molecule has 0 bridgehead atoms. The zero-order chi connectivity index (χ0) is 23.5. The molecule has 2 N–H and O–H groups in total. The first-order chi connectivity index (χ1) is 16.5. The monoisotopic (exact) mass is 547 g/mol. The number of hydrogen-bond acceptors (Lipinski definition) is 6. The van der Waals surface area contributed by atoms with Crippen LogP contribution in [0, 0.1) is 0 Å². The van der Waals surface area contributed by atoms with Crippen LogP contribution in [0.2, 0.25) is 0 Å². The summed E-state index contributed by atoms with van der Waals surface area (Å²) in [7, 11) is 0. The number of hydrogen-bond donors (Lipinski definition) is 2. The fourth-order valence-electron chi connectivity index (χ4n) is 3.45. The predicted molar refractivity (Wildman–Crippen MR) is 146 cm³/mol. The molecule has 4 aromatic carbocycles. The zero-order valence-electron chi connectivity index (χ0n) is 17.7. The van der Waals surface area contributed by atoms with Crippen LogP contribution in [0.3, 0.4) is 0 Å². The van der Waals surface area contributed by atoms with Crippen molar-refractivity contribution in [3.63, 3.8) is 0 Å². The summed E-state index contributed by atoms with van der Waals surface area (Å²) in [6.45, 7) is 0. The van der Waals surface area contributed by atoms with Crippen LogP contribution in [-0.2, 0) is 4.79 Å². The fourth-order valence-corrected chi connectivity index (χ4v) is 5.62. The van der Waals surface area contributed by atoms with Crippen molar-refractivity contribution < 1.29 is 9.90 Å². The molecule has 8 heteroatoms. The van der Waals surface area contributed by atoms with Gasteiger partial charge in [-0.3, -0.25) is 9.79 Å². The van der Waals surface area contributed by atoms with Crippen LogP contribution in [0.1, 0.15) is 5.56 Å². The van der Waals surface area contributed by atoms with Gasteiger partial charge in [0, 0.05) is 21.9 Å². The third-order valence-corrected chi connectivity index (χ3v) is 7.79. The minimum absolute atomic E-state index is 0.0771. The first kappa shape index (κ1) is 22.6. The number of nitrogens with one attached hydrogen (secondary N) is 1. The van der Waals surface area contributed by atoms with Gasteiger partial charge in [-0.1, -0.05) is 58.0 Å². The van der Waals surface area contributed by atoms with Gasteiger partial charge in [0.2, 0.25) is 5.91 Å². The van der Waals surface area contributed by atoms with Gasteiger partial charge in [0.15, 0.2) is 4.34 Å². The number of fused-ring (bicyclic) bond motifs is 2. The second-order valence-electron chi connectivity index (χ2n) is 7.45. The normalized spacial score (nSPS) is 11.4. The molecular weight excluding hydrogens is 530 g/mol. The first-order valence-corrected chi connectivity index (χ1v) is 13.0. The SMILES string of the molecule is O=C(CSc1nc2ccc(N=Cc3c(O)ccc4ccccc34)cc2s1)Nc1ccc(Br)cc1. The number of thioether (sulfide) groups is 1. The summed E-state index contributed by atoms with van der Waals surface area (Å²) in [4.78, 5) is 21.5. The third-order valence-electron chi connectivity index (χ3n) is 5.10. The number of rotatable bonds is 6. The number of anilines is 1. The second-order valence-corrected chi connectivity index (χ2v) is 10.6. The Labute approximate surface area is 212 Å². The van der Waals surface area contributed by atoms with Gasteiger partial charge in [0.05, 0.1) is 21.7 Å². The van der Waals surface area contributed by atoms with Crippen LogP contribution in [0.4, 0.5) is 11.4 Å². The van der Waals surface area contributed by atoms with E-state index in [0.717, 1.165) is 41.2 Å². The molecule has 0 saturated carbocycles. The molecule has 34 heavy (non-hydrogen) atoms. The quantitative estimate of drug-likeness (QED) is 0.171. The number of aromatic nitrogens is 1. The number of carbonyl (C=O) groups excluding carboxylic acids is 1. The molecule has 168 valence electrons. The zero-order valence-corrected chi connectivity index (χ0v) is 21.0. The maximum Gasteiger partial charge on any atom is 0.234 e. The highest BCUT2D eigenvalue weighted by atomic mass is 79.9. The van der Waals surface area contributed by atoms with E-state index in [1.165, 1.54) is 23.1 Å². The van der Waals surface area contributed by atoms with Crippen molar-refractivity contribution in [1.29, 1.82) is 0 Å². The number of halogens is 1. The van der Waals surface area contributed by atoms with E-state index in [1.54, 1.807) is 12.3 Å². The summed E-state index contributed by atoms with van der Waals surface area (Å²) in [6, 6.07) is 24.7. The van der Waals surface area contributed by atoms with E-state index in [1.807, 2.05) is 72.8 Å². The van der Waals surface area contributed by atoms with E-state index >= 15 is 0 Å². The second kappa shape index (κ2) is 9.97. The van der Waals surface area contributed by atoms with Gasteiger partial charge in [-0.05, 0) is 59.3 Å². The number of aromatic hydroxyl groups is 1. The number of phenols is 1. The Morgan fingerprint density at radius 1 is 1.09 bits per heavy atom. The summed E-state index contributed by atoms with van der Waals surface area (Å²) in [6.07, 6.45) is 1.70. The summed E-state index contributed by atoms with van der Waals surface area (Å²) < 4.78 is 2.79. The Hall–Kier alpha value is -3.20. The fraction of sp³-hybridized carbons (Fsp3) is 0.0385. The number of phenolic OH excluding ortho intramolecular Hbond substituents is 1. The molecule has 5 nitrogen and oxygen atoms in total. The summed E-state index contributed by atoms with van der Waals surface area (Å²) in [5, 5.41) is 15.2. The number of aliphatic imine (C=N–C) groups is 1. The van der Waals surface area contributed by atoms with Crippen LogP contribution in [-0.4, -0.2) is 28.0 Å². The Morgan fingerprint density at radius 2 is 1.91 bits per heavy atom. The molecular formula is C26H18BrN3O2S2. The topological polar surface area (TPSA) is 74.6 Å². The lowest BCUT2D eigenvalue weighted by molar-refractivity contribution is -0.113. The molecule has 1 aromatic heterocycles. The summed E-state index contributed by atoms with van der Waals surface area (Å²) in [5.74, 6) is 0.398. The van der Waals surface area contributed by atoms with Crippen molar-refractivity contribution >= 4 is 83.5 Å². The van der Waals surface area contributed by atoms with Crippen molar-refractivity contribution in [2.24, 2.45) is 4.99 Å². The molecule has 5 rings (SSSR count). The first-order valence-electron chi connectivity index (χ1n) is 10.4. The highest BCUT2D eigenvalue weighted by Gasteiger charge is 2.09. The smallest absolute Gasteiger partial charge is 0.234 e. The van der Waals surface area contributed by atoms with Gasteiger partial charge in [0.1, 0.15) is 5.75 Å². The minimum Gasteiger partial charge on any atom is -0.507 e. The van der Waals surface area contributed by atoms with Gasteiger partial charge >= 0.3 is 0 Å². The van der Waals surface area contributed by atoms with Crippen molar-refractivity contribution in [2.75, 3.05) is 11.1 Å². The molecule has 0 saturated heterocycles. The lowest BCUT2D eigenvalue weighted by atomic mass is 10.0. The van der Waals surface area contributed by atoms with Gasteiger partial charge in [-0.25, -0.2) is 4.98 Å². The molecule has 0 aliphatic rings. The standard InChI is InChI=1S/C26H18BrN3O2S2/c27-17-6-8-18(9-7-17)29-25(32)15-33-26-30-22-11-10-19(13-24(22)34-26)28-14-21-20-4-2-1-3-16(20)5-12-23(21)31/h1-14,31H,15H2,(H,29,32). The van der Waals surface area contributed by atoms with Gasteiger partial charge < -0.3 is 10.4 Å². The molecule has 5 aromatic rings. The average molecular weight is 548 g/mol. The lowest BCUT2D eigenvalue weighted by Crippen LogP contribution is -2.13. The van der Waals surface area contributed by atoms with E-state index in [2.05, 4.69) is 31.2 Å². The van der Waals surface area contributed by atoms with Crippen molar-refractivity contribution in [2.45, 2.75) is 4.34 Å². The number of thiazole rings is 1. The Kier molecular flexibility index (Phi) is 6.62. The summed E-state index contributed by atoms with van der Waals surface area (Å²) in [5.41, 5.74) is 3.09. The maximum atomic E-state index is 12.3. The molecule has 0 radical (unpaired) electrons. The van der Waals surface area contributed by atoms with Crippen molar-refractivity contribution in [3.8, 4) is 5.75 Å². The van der Waals surface area contributed by atoms with E-state index in [4.69, 9.17) is 0 Å². The van der Waals surface area contributed by atoms with Gasteiger partial charge in [-0.2, -0.15) is 0 Å². The lowest BCUT2D eigenvalue weighted by Gasteiger charge is -2.04.